The van der Waals surface area contributed by atoms with Crippen molar-refractivity contribution < 1.29 is 0 Å². The van der Waals surface area contributed by atoms with Crippen molar-refractivity contribution in [2.75, 3.05) is 6.54 Å². The zero-order valence-corrected chi connectivity index (χ0v) is 6.10. The average Bonchev–Trinajstić information content (AvgIpc) is 1.35. The van der Waals surface area contributed by atoms with Gasteiger partial charge in [0, 0.05) is 3.92 Å². The molecule has 0 aromatic rings. The highest BCUT2D eigenvalue weighted by Gasteiger charge is 1.88. The summed E-state index contributed by atoms with van der Waals surface area (Å²) in [5, 5.41) is 0. The molecule has 0 saturated heterocycles. The van der Waals surface area contributed by atoms with Crippen LogP contribution in [0.1, 0.15) is 13.3 Å². The molecular formula is C4H10IN. The highest BCUT2D eigenvalue weighted by molar-refractivity contribution is 14.1. The van der Waals surface area contributed by atoms with Crippen LogP contribution in [-0.4, -0.2) is 10.5 Å². The smallest absolute Gasteiger partial charge is 0.00933 e. The Morgan fingerprint density at radius 1 is 1.83 bits per heavy atom. The molecule has 0 saturated carbocycles. The largest absolute Gasteiger partial charge is 0.330 e. The molecule has 1 unspecified atom stereocenters. The molecule has 0 bridgehead atoms. The van der Waals surface area contributed by atoms with Crippen molar-refractivity contribution in [2.45, 2.75) is 17.3 Å². The average molecular weight is 199 g/mol. The van der Waals surface area contributed by atoms with E-state index in [0.29, 0.717) is 0 Å². The highest BCUT2D eigenvalue weighted by Crippen LogP contribution is 2.00. The molecule has 0 fully saturated rings. The van der Waals surface area contributed by atoms with Crippen molar-refractivity contribution in [1.29, 1.82) is 0 Å². The van der Waals surface area contributed by atoms with Crippen LogP contribution in [0.4, 0.5) is 0 Å². The fraction of sp³-hybridized carbons (Fsp3) is 1.00. The van der Waals surface area contributed by atoms with Gasteiger partial charge in [-0.15, -0.1) is 0 Å². The zero-order chi connectivity index (χ0) is 4.99. The molecule has 0 spiro atoms. The number of alkyl halides is 1. The Kier molecular flexibility index (Phi) is 4.31. The van der Waals surface area contributed by atoms with Crippen LogP contribution in [-0.2, 0) is 0 Å². The molecule has 2 N–H and O–H groups in total. The van der Waals surface area contributed by atoms with E-state index >= 15 is 0 Å². The van der Waals surface area contributed by atoms with Crippen LogP contribution >= 0.6 is 22.6 Å². The summed E-state index contributed by atoms with van der Waals surface area (Å²) in [7, 11) is 0. The van der Waals surface area contributed by atoms with Gasteiger partial charge in [-0.25, -0.2) is 0 Å². The van der Waals surface area contributed by atoms with Crippen molar-refractivity contribution in [3.05, 3.63) is 0 Å². The molecular weight excluding hydrogens is 189 g/mol. The van der Waals surface area contributed by atoms with E-state index in [0.717, 1.165) is 16.9 Å². The fourth-order valence-electron chi connectivity index (χ4n) is 0.230. The molecule has 0 rings (SSSR count). The summed E-state index contributed by atoms with van der Waals surface area (Å²) in [6.45, 7) is 2.98. The van der Waals surface area contributed by atoms with Crippen LogP contribution < -0.4 is 5.73 Å². The third-order valence-corrected chi connectivity index (χ3v) is 1.19. The zero-order valence-electron chi connectivity index (χ0n) is 3.95. The van der Waals surface area contributed by atoms with Gasteiger partial charge in [0.25, 0.3) is 0 Å². The van der Waals surface area contributed by atoms with E-state index in [1.807, 2.05) is 0 Å². The number of nitrogens with two attached hydrogens (primary N) is 1. The predicted octanol–water partition coefficient (Wildman–Crippen LogP) is 1.16. The monoisotopic (exact) mass is 199 g/mol. The Morgan fingerprint density at radius 2 is 2.33 bits per heavy atom. The van der Waals surface area contributed by atoms with Gasteiger partial charge in [0.05, 0.1) is 0 Å². The van der Waals surface area contributed by atoms with Crippen LogP contribution in [0.25, 0.3) is 0 Å². The molecule has 0 aromatic carbocycles. The summed E-state index contributed by atoms with van der Waals surface area (Å²) in [6, 6.07) is 0. The number of rotatable bonds is 2. The van der Waals surface area contributed by atoms with Crippen LogP contribution in [0.15, 0.2) is 0 Å². The maximum Gasteiger partial charge on any atom is 0.00933 e. The molecule has 1 nitrogen and oxygen atoms in total. The Labute approximate surface area is 52.4 Å². The topological polar surface area (TPSA) is 26.0 Å². The maximum atomic E-state index is 5.22. The van der Waals surface area contributed by atoms with Crippen molar-refractivity contribution >= 4 is 22.6 Å². The molecule has 2 heteroatoms. The molecule has 0 aliphatic rings. The lowest BCUT2D eigenvalue weighted by molar-refractivity contribution is 0.845. The molecule has 38 valence electrons. The lowest BCUT2D eigenvalue weighted by Gasteiger charge is -1.94. The van der Waals surface area contributed by atoms with Crippen molar-refractivity contribution in [3.63, 3.8) is 0 Å². The summed E-state index contributed by atoms with van der Waals surface area (Å²) in [6.07, 6.45) is 1.14. The van der Waals surface area contributed by atoms with Gasteiger partial charge < -0.3 is 5.73 Å². The van der Waals surface area contributed by atoms with E-state index in [1.165, 1.54) is 0 Å². The van der Waals surface area contributed by atoms with Crippen LogP contribution in [0.2, 0.25) is 0 Å². The minimum Gasteiger partial charge on any atom is -0.330 e. The van der Waals surface area contributed by atoms with Gasteiger partial charge in [0.1, 0.15) is 0 Å². The first-order chi connectivity index (χ1) is 2.77. The molecule has 0 amide bonds. The highest BCUT2D eigenvalue weighted by atomic mass is 127. The Morgan fingerprint density at radius 3 is 2.33 bits per heavy atom. The van der Waals surface area contributed by atoms with Gasteiger partial charge in [-0.2, -0.15) is 0 Å². The van der Waals surface area contributed by atoms with E-state index < -0.39 is 0 Å². The third-order valence-electron chi connectivity index (χ3n) is 0.564. The van der Waals surface area contributed by atoms with Gasteiger partial charge >= 0.3 is 0 Å². The summed E-state index contributed by atoms with van der Waals surface area (Å²) >= 11 is 2.36. The summed E-state index contributed by atoms with van der Waals surface area (Å²) < 4.78 is 0.743. The van der Waals surface area contributed by atoms with E-state index in [4.69, 9.17) is 5.73 Å². The summed E-state index contributed by atoms with van der Waals surface area (Å²) in [5.74, 6) is 0. The van der Waals surface area contributed by atoms with Crippen LogP contribution in [0.3, 0.4) is 0 Å². The summed E-state index contributed by atoms with van der Waals surface area (Å²) in [5.41, 5.74) is 5.22. The minimum atomic E-state index is 0.743. The maximum absolute atomic E-state index is 5.22. The van der Waals surface area contributed by atoms with Gasteiger partial charge in [-0.1, -0.05) is 29.5 Å². The normalized spacial score (nSPS) is 14.5. The van der Waals surface area contributed by atoms with Gasteiger partial charge in [0.2, 0.25) is 0 Å². The molecule has 0 aliphatic carbocycles. The second-order valence-electron chi connectivity index (χ2n) is 1.36. The van der Waals surface area contributed by atoms with E-state index in [1.54, 1.807) is 0 Å². The van der Waals surface area contributed by atoms with E-state index in [9.17, 15) is 0 Å². The van der Waals surface area contributed by atoms with E-state index in [-0.39, 0.29) is 0 Å². The SMILES string of the molecule is CC(I)CCN. The number of hydrogen-bond donors (Lipinski definition) is 1. The van der Waals surface area contributed by atoms with Gasteiger partial charge in [-0.3, -0.25) is 0 Å². The first-order valence-corrected chi connectivity index (χ1v) is 3.36. The van der Waals surface area contributed by atoms with Crippen LogP contribution in [0, 0.1) is 0 Å². The molecule has 0 radical (unpaired) electrons. The molecule has 0 aromatic heterocycles. The number of hydrogen-bond acceptors (Lipinski definition) is 1. The molecule has 0 aliphatic heterocycles. The first-order valence-electron chi connectivity index (χ1n) is 2.11. The fourth-order valence-corrected chi connectivity index (χ4v) is 0.589. The second-order valence-corrected chi connectivity index (χ2v) is 3.48. The second kappa shape index (κ2) is 3.87. The standard InChI is InChI=1S/C4H10IN/c1-4(5)2-3-6/h4H,2-3,6H2,1H3. The summed E-state index contributed by atoms with van der Waals surface area (Å²) in [4.78, 5) is 0. The van der Waals surface area contributed by atoms with E-state index in [2.05, 4.69) is 29.5 Å². The first kappa shape index (κ1) is 6.69. The van der Waals surface area contributed by atoms with Crippen molar-refractivity contribution in [2.24, 2.45) is 5.73 Å². The van der Waals surface area contributed by atoms with Crippen LogP contribution in [0.5, 0.6) is 0 Å². The van der Waals surface area contributed by atoms with Crippen molar-refractivity contribution in [3.8, 4) is 0 Å². The molecule has 0 heterocycles. The predicted molar refractivity (Wildman–Crippen MR) is 37.2 cm³/mol. The molecule has 6 heavy (non-hydrogen) atoms. The third kappa shape index (κ3) is 4.69. The lowest BCUT2D eigenvalue weighted by atomic mass is 10.3. The Hall–Kier alpha value is 0.690. The minimum absolute atomic E-state index is 0.743. The van der Waals surface area contributed by atoms with Crippen molar-refractivity contribution in [1.82, 2.24) is 0 Å². The molecule has 1 atom stereocenters. The Bertz CT molecular complexity index is 28.7. The van der Waals surface area contributed by atoms with Gasteiger partial charge in [-0.05, 0) is 13.0 Å². The lowest BCUT2D eigenvalue weighted by Crippen LogP contribution is -2.03. The quantitative estimate of drug-likeness (QED) is 0.524. The Balaban J connectivity index is 2.63. The number of halogens is 1. The van der Waals surface area contributed by atoms with Gasteiger partial charge in [0.15, 0.2) is 0 Å².